The molecule has 1 rings (SSSR count). The van der Waals surface area contributed by atoms with Crippen LogP contribution in [0.1, 0.15) is 38.8 Å². The number of hydrogen-bond acceptors (Lipinski definition) is 3. The molecule has 2 atom stereocenters. The number of aromatic nitrogens is 2. The first-order chi connectivity index (χ1) is 7.69. The van der Waals surface area contributed by atoms with E-state index in [1.54, 1.807) is 0 Å². The molecule has 0 aliphatic rings. The molecular weight excluding hydrogens is 200 g/mol. The van der Waals surface area contributed by atoms with Crippen LogP contribution < -0.4 is 11.3 Å². The van der Waals surface area contributed by atoms with Crippen LogP contribution in [0.5, 0.6) is 0 Å². The quantitative estimate of drug-likeness (QED) is 0.546. The van der Waals surface area contributed by atoms with Crippen molar-refractivity contribution in [2.24, 2.45) is 18.8 Å². The van der Waals surface area contributed by atoms with Crippen LogP contribution in [-0.4, -0.2) is 15.8 Å². The highest BCUT2D eigenvalue weighted by Crippen LogP contribution is 2.15. The minimum atomic E-state index is 0.398. The van der Waals surface area contributed by atoms with E-state index in [1.165, 1.54) is 18.5 Å². The highest BCUT2D eigenvalue weighted by Gasteiger charge is 2.15. The van der Waals surface area contributed by atoms with Gasteiger partial charge in [-0.2, -0.15) is 5.10 Å². The Morgan fingerprint density at radius 1 is 1.50 bits per heavy atom. The molecule has 0 bridgehead atoms. The lowest BCUT2D eigenvalue weighted by molar-refractivity contribution is 0.339. The van der Waals surface area contributed by atoms with Gasteiger partial charge in [-0.25, -0.2) is 0 Å². The highest BCUT2D eigenvalue weighted by atomic mass is 15.3. The molecule has 0 aliphatic carbocycles. The van der Waals surface area contributed by atoms with Crippen molar-refractivity contribution in [3.8, 4) is 0 Å². The second-order valence-corrected chi connectivity index (χ2v) is 4.52. The second kappa shape index (κ2) is 6.66. The van der Waals surface area contributed by atoms with E-state index in [-0.39, 0.29) is 0 Å². The number of rotatable bonds is 7. The van der Waals surface area contributed by atoms with Crippen molar-refractivity contribution in [3.63, 3.8) is 0 Å². The predicted octanol–water partition coefficient (Wildman–Crippen LogP) is 1.62. The van der Waals surface area contributed by atoms with E-state index in [0.29, 0.717) is 12.0 Å². The SMILES string of the molecule is CCCC(C)C(CCc1ccnn1C)NN. The van der Waals surface area contributed by atoms with Crippen LogP contribution >= 0.6 is 0 Å². The van der Waals surface area contributed by atoms with Crippen molar-refractivity contribution < 1.29 is 0 Å². The summed E-state index contributed by atoms with van der Waals surface area (Å²) in [5, 5.41) is 4.17. The molecule has 1 aromatic heterocycles. The maximum atomic E-state index is 5.61. The van der Waals surface area contributed by atoms with Gasteiger partial charge in [0.1, 0.15) is 0 Å². The summed E-state index contributed by atoms with van der Waals surface area (Å²) in [5.74, 6) is 6.24. The fraction of sp³-hybridized carbons (Fsp3) is 0.750. The summed E-state index contributed by atoms with van der Waals surface area (Å²) in [6.45, 7) is 4.47. The third-order valence-corrected chi connectivity index (χ3v) is 3.28. The van der Waals surface area contributed by atoms with Crippen molar-refractivity contribution in [1.82, 2.24) is 15.2 Å². The average Bonchev–Trinajstić information content (AvgIpc) is 2.66. The van der Waals surface area contributed by atoms with Gasteiger partial charge >= 0.3 is 0 Å². The Kier molecular flexibility index (Phi) is 5.49. The first-order valence-corrected chi connectivity index (χ1v) is 6.12. The van der Waals surface area contributed by atoms with Gasteiger partial charge in [-0.1, -0.05) is 20.3 Å². The second-order valence-electron chi connectivity index (χ2n) is 4.52. The Morgan fingerprint density at radius 3 is 2.75 bits per heavy atom. The summed E-state index contributed by atoms with van der Waals surface area (Å²) in [7, 11) is 1.98. The number of aryl methyl sites for hydroxylation is 2. The highest BCUT2D eigenvalue weighted by molar-refractivity contribution is 5.00. The van der Waals surface area contributed by atoms with Crippen LogP contribution in [0.15, 0.2) is 12.3 Å². The van der Waals surface area contributed by atoms with Gasteiger partial charge in [0.15, 0.2) is 0 Å². The summed E-state index contributed by atoms with van der Waals surface area (Å²) in [6, 6.07) is 2.47. The molecule has 1 aromatic rings. The Bertz CT molecular complexity index is 295. The van der Waals surface area contributed by atoms with Crippen LogP contribution in [-0.2, 0) is 13.5 Å². The van der Waals surface area contributed by atoms with E-state index in [9.17, 15) is 0 Å². The van der Waals surface area contributed by atoms with E-state index < -0.39 is 0 Å². The smallest absolute Gasteiger partial charge is 0.0492 e. The Balaban J connectivity index is 2.42. The normalized spacial score (nSPS) is 15.0. The van der Waals surface area contributed by atoms with Gasteiger partial charge in [0.25, 0.3) is 0 Å². The predicted molar refractivity (Wildman–Crippen MR) is 66.7 cm³/mol. The molecule has 0 fully saturated rings. The van der Waals surface area contributed by atoms with E-state index in [2.05, 4.69) is 30.4 Å². The maximum Gasteiger partial charge on any atom is 0.0492 e. The summed E-state index contributed by atoms with van der Waals surface area (Å²) in [4.78, 5) is 0. The molecule has 0 radical (unpaired) electrons. The largest absolute Gasteiger partial charge is 0.273 e. The van der Waals surface area contributed by atoms with Gasteiger partial charge in [0.2, 0.25) is 0 Å². The molecule has 0 saturated heterocycles. The molecule has 4 nitrogen and oxygen atoms in total. The lowest BCUT2D eigenvalue weighted by atomic mass is 9.93. The molecule has 2 unspecified atom stereocenters. The average molecular weight is 224 g/mol. The topological polar surface area (TPSA) is 55.9 Å². The van der Waals surface area contributed by atoms with Gasteiger partial charge < -0.3 is 0 Å². The Morgan fingerprint density at radius 2 is 2.25 bits per heavy atom. The molecule has 92 valence electrons. The third-order valence-electron chi connectivity index (χ3n) is 3.28. The van der Waals surface area contributed by atoms with Crippen LogP contribution in [0.25, 0.3) is 0 Å². The van der Waals surface area contributed by atoms with Gasteiger partial charge in [0.05, 0.1) is 0 Å². The molecule has 0 saturated carbocycles. The van der Waals surface area contributed by atoms with Gasteiger partial charge in [-0.05, 0) is 31.2 Å². The van der Waals surface area contributed by atoms with Gasteiger partial charge in [-0.3, -0.25) is 16.0 Å². The lowest BCUT2D eigenvalue weighted by Crippen LogP contribution is -2.40. The van der Waals surface area contributed by atoms with Crippen LogP contribution in [0, 0.1) is 5.92 Å². The minimum Gasteiger partial charge on any atom is -0.273 e. The molecule has 1 heterocycles. The summed E-state index contributed by atoms with van der Waals surface area (Å²) < 4.78 is 1.93. The van der Waals surface area contributed by atoms with Crippen molar-refractivity contribution in [1.29, 1.82) is 0 Å². The molecular formula is C12H24N4. The number of nitrogens with one attached hydrogen (secondary N) is 1. The van der Waals surface area contributed by atoms with Gasteiger partial charge in [0, 0.05) is 25.0 Å². The first-order valence-electron chi connectivity index (χ1n) is 6.12. The zero-order valence-electron chi connectivity index (χ0n) is 10.6. The standard InChI is InChI=1S/C12H24N4/c1-4-5-10(2)12(15-13)7-6-11-8-9-14-16(11)3/h8-10,12,15H,4-7,13H2,1-3H3. The number of hydrogen-bond donors (Lipinski definition) is 2. The van der Waals surface area contributed by atoms with Gasteiger partial charge in [-0.15, -0.1) is 0 Å². The van der Waals surface area contributed by atoms with E-state index >= 15 is 0 Å². The molecule has 0 spiro atoms. The molecule has 3 N–H and O–H groups in total. The van der Waals surface area contributed by atoms with Crippen LogP contribution in [0.2, 0.25) is 0 Å². The first kappa shape index (κ1) is 13.2. The minimum absolute atomic E-state index is 0.398. The lowest BCUT2D eigenvalue weighted by Gasteiger charge is -2.22. The summed E-state index contributed by atoms with van der Waals surface area (Å²) >= 11 is 0. The summed E-state index contributed by atoms with van der Waals surface area (Å²) in [6.07, 6.45) is 6.37. The van der Waals surface area contributed by atoms with Crippen molar-refractivity contribution in [2.45, 2.75) is 45.6 Å². The summed E-state index contributed by atoms with van der Waals surface area (Å²) in [5.41, 5.74) is 4.21. The van der Waals surface area contributed by atoms with E-state index in [1.807, 2.05) is 17.9 Å². The monoisotopic (exact) mass is 224 g/mol. The molecule has 16 heavy (non-hydrogen) atoms. The molecule has 0 aliphatic heterocycles. The Hall–Kier alpha value is -0.870. The zero-order valence-corrected chi connectivity index (χ0v) is 10.6. The molecule has 0 aromatic carbocycles. The Labute approximate surface area is 98.2 Å². The third kappa shape index (κ3) is 3.61. The van der Waals surface area contributed by atoms with E-state index in [4.69, 9.17) is 5.84 Å². The van der Waals surface area contributed by atoms with Crippen LogP contribution in [0.3, 0.4) is 0 Å². The number of nitrogens with zero attached hydrogens (tertiary/aromatic N) is 2. The fourth-order valence-corrected chi connectivity index (χ4v) is 2.14. The number of nitrogens with two attached hydrogens (primary N) is 1. The van der Waals surface area contributed by atoms with Crippen molar-refractivity contribution in [3.05, 3.63) is 18.0 Å². The molecule has 4 heteroatoms. The van der Waals surface area contributed by atoms with Crippen molar-refractivity contribution in [2.75, 3.05) is 0 Å². The van der Waals surface area contributed by atoms with E-state index in [0.717, 1.165) is 12.8 Å². The molecule has 0 amide bonds. The number of hydrazine groups is 1. The zero-order chi connectivity index (χ0) is 12.0. The fourth-order valence-electron chi connectivity index (χ4n) is 2.14. The van der Waals surface area contributed by atoms with Crippen molar-refractivity contribution >= 4 is 0 Å². The maximum absolute atomic E-state index is 5.61. The van der Waals surface area contributed by atoms with Crippen LogP contribution in [0.4, 0.5) is 0 Å².